The molecule has 0 bridgehead atoms. The largest absolute Gasteiger partial charge is 0.476 e. The van der Waals surface area contributed by atoms with E-state index in [1.54, 1.807) is 11.9 Å². The third-order valence-electron chi connectivity index (χ3n) is 3.66. The zero-order chi connectivity index (χ0) is 17.0. The molecule has 1 amide bonds. The number of amides is 1. The molecule has 0 spiro atoms. The van der Waals surface area contributed by atoms with Crippen molar-refractivity contribution in [2.24, 2.45) is 0 Å². The van der Waals surface area contributed by atoms with Crippen LogP contribution in [0.5, 0.6) is 0 Å². The summed E-state index contributed by atoms with van der Waals surface area (Å²) in [4.78, 5) is 28.3. The molecule has 1 aliphatic heterocycles. The summed E-state index contributed by atoms with van der Waals surface area (Å²) < 4.78 is 22.9. The van der Waals surface area contributed by atoms with Gasteiger partial charge in [0.25, 0.3) is 0 Å². The van der Waals surface area contributed by atoms with Crippen LogP contribution in [0.25, 0.3) is 0 Å². The SMILES string of the molecule is CN(CC(=O)NCCc1nc(C(=O)O)cs1)[C@H]1CCS(=O)(=O)C1. The van der Waals surface area contributed by atoms with E-state index in [0.29, 0.717) is 24.4 Å². The van der Waals surface area contributed by atoms with Crippen LogP contribution in [0.15, 0.2) is 5.38 Å². The van der Waals surface area contributed by atoms with Gasteiger partial charge in [-0.25, -0.2) is 18.2 Å². The van der Waals surface area contributed by atoms with Crippen molar-refractivity contribution in [3.63, 3.8) is 0 Å². The number of likely N-dealkylation sites (N-methyl/N-ethyl adjacent to an activating group) is 1. The van der Waals surface area contributed by atoms with Gasteiger partial charge in [-0.1, -0.05) is 0 Å². The molecule has 0 aliphatic carbocycles. The second-order valence-electron chi connectivity index (χ2n) is 5.50. The Bertz CT molecular complexity index is 686. The van der Waals surface area contributed by atoms with Gasteiger partial charge in [-0.2, -0.15) is 0 Å². The van der Waals surface area contributed by atoms with Crippen molar-refractivity contribution in [1.29, 1.82) is 0 Å². The molecule has 8 nitrogen and oxygen atoms in total. The molecule has 1 aromatic rings. The first-order valence-corrected chi connectivity index (χ1v) is 9.82. The minimum atomic E-state index is -2.96. The van der Waals surface area contributed by atoms with E-state index in [4.69, 9.17) is 5.11 Å². The van der Waals surface area contributed by atoms with Crippen LogP contribution >= 0.6 is 11.3 Å². The topological polar surface area (TPSA) is 117 Å². The third kappa shape index (κ3) is 5.26. The van der Waals surface area contributed by atoms with Gasteiger partial charge in [0.15, 0.2) is 15.5 Å². The average molecular weight is 361 g/mol. The van der Waals surface area contributed by atoms with E-state index < -0.39 is 15.8 Å². The monoisotopic (exact) mass is 361 g/mol. The number of sulfone groups is 1. The van der Waals surface area contributed by atoms with E-state index in [0.717, 1.165) is 0 Å². The summed E-state index contributed by atoms with van der Waals surface area (Å²) in [6.07, 6.45) is 1.02. The molecule has 1 aliphatic rings. The number of thiazole rings is 1. The van der Waals surface area contributed by atoms with E-state index in [1.165, 1.54) is 16.7 Å². The first-order chi connectivity index (χ1) is 10.8. The van der Waals surface area contributed by atoms with Crippen LogP contribution in [0.3, 0.4) is 0 Å². The molecule has 1 fully saturated rings. The highest BCUT2D eigenvalue weighted by atomic mass is 32.2. The van der Waals surface area contributed by atoms with Gasteiger partial charge in [-0.3, -0.25) is 9.69 Å². The van der Waals surface area contributed by atoms with E-state index in [-0.39, 0.29) is 35.7 Å². The number of aromatic carboxylic acids is 1. The molecule has 2 rings (SSSR count). The molecule has 10 heteroatoms. The van der Waals surface area contributed by atoms with Gasteiger partial charge < -0.3 is 10.4 Å². The van der Waals surface area contributed by atoms with Crippen LogP contribution in [0.4, 0.5) is 0 Å². The van der Waals surface area contributed by atoms with E-state index in [2.05, 4.69) is 10.3 Å². The van der Waals surface area contributed by atoms with Crippen LogP contribution in [0, 0.1) is 0 Å². The number of rotatable bonds is 7. The maximum atomic E-state index is 11.9. The lowest BCUT2D eigenvalue weighted by Gasteiger charge is -2.22. The van der Waals surface area contributed by atoms with Gasteiger partial charge in [-0.15, -0.1) is 11.3 Å². The van der Waals surface area contributed by atoms with Crippen LogP contribution in [-0.2, 0) is 21.1 Å². The Morgan fingerprint density at radius 3 is 2.83 bits per heavy atom. The van der Waals surface area contributed by atoms with Crippen molar-refractivity contribution in [1.82, 2.24) is 15.2 Å². The summed E-state index contributed by atoms with van der Waals surface area (Å²) in [5, 5.41) is 13.6. The maximum absolute atomic E-state index is 11.9. The van der Waals surface area contributed by atoms with Crippen molar-refractivity contribution < 1.29 is 23.1 Å². The Hall–Kier alpha value is -1.52. The summed E-state index contributed by atoms with van der Waals surface area (Å²) in [5.41, 5.74) is 0.0125. The number of nitrogens with one attached hydrogen (secondary N) is 1. The summed E-state index contributed by atoms with van der Waals surface area (Å²) in [7, 11) is -1.22. The number of carbonyl (C=O) groups excluding carboxylic acids is 1. The Labute approximate surface area is 138 Å². The van der Waals surface area contributed by atoms with Crippen LogP contribution in [0.2, 0.25) is 0 Å². The molecule has 1 atom stereocenters. The van der Waals surface area contributed by atoms with Gasteiger partial charge in [-0.05, 0) is 13.5 Å². The second kappa shape index (κ2) is 7.37. The highest BCUT2D eigenvalue weighted by molar-refractivity contribution is 7.91. The molecule has 0 radical (unpaired) electrons. The van der Waals surface area contributed by atoms with Gasteiger partial charge >= 0.3 is 5.97 Å². The highest BCUT2D eigenvalue weighted by Crippen LogP contribution is 2.16. The molecule has 23 heavy (non-hydrogen) atoms. The minimum Gasteiger partial charge on any atom is -0.476 e. The summed E-state index contributed by atoms with van der Waals surface area (Å²) >= 11 is 1.24. The minimum absolute atomic E-state index is 0.0125. The van der Waals surface area contributed by atoms with Crippen LogP contribution in [-0.4, -0.2) is 73.0 Å². The molecular weight excluding hydrogens is 342 g/mol. The molecule has 2 N–H and O–H groups in total. The van der Waals surface area contributed by atoms with Gasteiger partial charge in [0, 0.05) is 24.4 Å². The van der Waals surface area contributed by atoms with Crippen molar-refractivity contribution in [3.8, 4) is 0 Å². The Balaban J connectivity index is 1.71. The van der Waals surface area contributed by atoms with Gasteiger partial charge in [0.05, 0.1) is 23.1 Å². The zero-order valence-corrected chi connectivity index (χ0v) is 14.3. The zero-order valence-electron chi connectivity index (χ0n) is 12.7. The average Bonchev–Trinajstić information content (AvgIpc) is 3.05. The fraction of sp³-hybridized carbons (Fsp3) is 0.615. The Morgan fingerprint density at radius 1 is 1.52 bits per heavy atom. The molecule has 1 saturated heterocycles. The van der Waals surface area contributed by atoms with E-state index in [9.17, 15) is 18.0 Å². The van der Waals surface area contributed by atoms with Crippen molar-refractivity contribution in [3.05, 3.63) is 16.1 Å². The predicted molar refractivity (Wildman–Crippen MR) is 85.5 cm³/mol. The number of hydrogen-bond acceptors (Lipinski definition) is 7. The predicted octanol–water partition coefficient (Wildman–Crippen LogP) is -0.381. The summed E-state index contributed by atoms with van der Waals surface area (Å²) in [6.45, 7) is 0.501. The smallest absolute Gasteiger partial charge is 0.355 e. The highest BCUT2D eigenvalue weighted by Gasteiger charge is 2.31. The maximum Gasteiger partial charge on any atom is 0.355 e. The van der Waals surface area contributed by atoms with Crippen molar-refractivity contribution in [2.45, 2.75) is 18.9 Å². The van der Waals surface area contributed by atoms with Crippen LogP contribution < -0.4 is 5.32 Å². The number of carbonyl (C=O) groups is 2. The Morgan fingerprint density at radius 2 is 2.26 bits per heavy atom. The standard InChI is InChI=1S/C13H19N3O5S2/c1-16(9-3-5-23(20,21)8-9)6-11(17)14-4-2-12-15-10(7-22-12)13(18)19/h7,9H,2-6,8H2,1H3,(H,14,17)(H,18,19)/t9-/m0/s1. The molecule has 128 valence electrons. The molecule has 0 unspecified atom stereocenters. The fourth-order valence-electron chi connectivity index (χ4n) is 2.37. The second-order valence-corrected chi connectivity index (χ2v) is 8.67. The molecule has 0 saturated carbocycles. The normalized spacial score (nSPS) is 19.8. The number of carboxylic acids is 1. The first-order valence-electron chi connectivity index (χ1n) is 7.12. The van der Waals surface area contributed by atoms with Gasteiger partial charge in [0.1, 0.15) is 0 Å². The number of nitrogens with zero attached hydrogens (tertiary/aromatic N) is 2. The van der Waals surface area contributed by atoms with Crippen molar-refractivity contribution >= 4 is 33.1 Å². The Kier molecular flexibility index (Phi) is 5.71. The number of carboxylic acid groups (broad SMARTS) is 1. The molecule has 0 aromatic carbocycles. The summed E-state index contributed by atoms with van der Waals surface area (Å²) in [5.74, 6) is -0.968. The molecule has 1 aromatic heterocycles. The summed E-state index contributed by atoms with van der Waals surface area (Å²) in [6, 6.07) is -0.108. The lowest BCUT2D eigenvalue weighted by Crippen LogP contribution is -2.41. The third-order valence-corrected chi connectivity index (χ3v) is 6.32. The lowest BCUT2D eigenvalue weighted by atomic mass is 10.2. The fourth-order valence-corrected chi connectivity index (χ4v) is 4.94. The van der Waals surface area contributed by atoms with Crippen molar-refractivity contribution in [2.75, 3.05) is 31.6 Å². The molecule has 2 heterocycles. The van der Waals surface area contributed by atoms with E-state index >= 15 is 0 Å². The van der Waals surface area contributed by atoms with E-state index in [1.807, 2.05) is 0 Å². The van der Waals surface area contributed by atoms with Crippen LogP contribution in [0.1, 0.15) is 21.9 Å². The quantitative estimate of drug-likeness (QED) is 0.680. The first kappa shape index (κ1) is 17.8. The lowest BCUT2D eigenvalue weighted by molar-refractivity contribution is -0.122. The number of aromatic nitrogens is 1. The number of hydrogen-bond donors (Lipinski definition) is 2. The van der Waals surface area contributed by atoms with Gasteiger partial charge in [0.2, 0.25) is 5.91 Å². The molecular formula is C13H19N3O5S2.